The average Bonchev–Trinajstić information content (AvgIpc) is 2.55. The Hall–Kier alpha value is -2.43. The lowest BCUT2D eigenvalue weighted by atomic mass is 10.0. The fraction of sp³-hybridized carbons (Fsp3) is 0.278. The lowest BCUT2D eigenvalue weighted by Gasteiger charge is -2.25. The number of aromatic hydroxyl groups is 1. The van der Waals surface area contributed by atoms with Crippen LogP contribution in [0.4, 0.5) is 8.78 Å². The van der Waals surface area contributed by atoms with E-state index in [0.29, 0.717) is 17.5 Å². The summed E-state index contributed by atoms with van der Waals surface area (Å²) in [5.41, 5.74) is 1.23. The van der Waals surface area contributed by atoms with Gasteiger partial charge in [-0.1, -0.05) is 24.3 Å². The molecule has 0 spiro atoms. The summed E-state index contributed by atoms with van der Waals surface area (Å²) in [6.07, 6.45) is 0.641. The zero-order chi connectivity index (χ0) is 17.0. The second-order valence-corrected chi connectivity index (χ2v) is 5.48. The number of benzene rings is 2. The standard InChI is InChI=1S/C18H19F2NO2/c1-12(14-7-9-15(19)16(20)11-14)21(2)18(23)10-8-13-5-3-4-6-17(13)22/h3-7,9,11-12,22H,8,10H2,1-2H3. The molecule has 122 valence electrons. The van der Waals surface area contributed by atoms with Gasteiger partial charge in [-0.3, -0.25) is 4.79 Å². The third-order valence-corrected chi connectivity index (χ3v) is 4.00. The summed E-state index contributed by atoms with van der Waals surface area (Å²) in [6, 6.07) is 10.1. The SMILES string of the molecule is CC(c1ccc(F)c(F)c1)N(C)C(=O)CCc1ccccc1O. The molecule has 2 aromatic rings. The van der Waals surface area contributed by atoms with Crippen LogP contribution in [0.15, 0.2) is 42.5 Å². The normalized spacial score (nSPS) is 12.0. The molecule has 1 amide bonds. The molecule has 1 N–H and O–H groups in total. The first kappa shape index (κ1) is 16.9. The van der Waals surface area contributed by atoms with Crippen molar-refractivity contribution in [3.63, 3.8) is 0 Å². The first-order valence-corrected chi connectivity index (χ1v) is 7.37. The van der Waals surface area contributed by atoms with Gasteiger partial charge in [0.15, 0.2) is 11.6 Å². The molecular formula is C18H19F2NO2. The van der Waals surface area contributed by atoms with Gasteiger partial charge >= 0.3 is 0 Å². The van der Waals surface area contributed by atoms with Crippen LogP contribution in [0.25, 0.3) is 0 Å². The van der Waals surface area contributed by atoms with Crippen LogP contribution in [-0.4, -0.2) is 23.0 Å². The number of phenols is 1. The van der Waals surface area contributed by atoms with Crippen LogP contribution < -0.4 is 0 Å². The number of hydrogen-bond donors (Lipinski definition) is 1. The maximum Gasteiger partial charge on any atom is 0.223 e. The molecule has 0 aromatic heterocycles. The van der Waals surface area contributed by atoms with E-state index in [1.807, 2.05) is 0 Å². The van der Waals surface area contributed by atoms with Gasteiger partial charge in [0.1, 0.15) is 5.75 Å². The fourth-order valence-electron chi connectivity index (χ4n) is 2.35. The monoisotopic (exact) mass is 319 g/mol. The summed E-state index contributed by atoms with van der Waals surface area (Å²) in [7, 11) is 1.62. The Labute approximate surface area is 134 Å². The molecule has 0 saturated carbocycles. The summed E-state index contributed by atoms with van der Waals surface area (Å²) >= 11 is 0. The number of carbonyl (C=O) groups is 1. The predicted octanol–water partition coefficient (Wildman–Crippen LogP) is 3.82. The number of hydrogen-bond acceptors (Lipinski definition) is 2. The smallest absolute Gasteiger partial charge is 0.223 e. The van der Waals surface area contributed by atoms with Crippen LogP contribution in [0.5, 0.6) is 5.75 Å². The molecule has 0 aliphatic carbocycles. The maximum atomic E-state index is 13.3. The maximum absolute atomic E-state index is 13.3. The molecule has 0 heterocycles. The molecule has 0 saturated heterocycles. The van der Waals surface area contributed by atoms with Crippen LogP contribution in [0.2, 0.25) is 0 Å². The number of aryl methyl sites for hydroxylation is 1. The van der Waals surface area contributed by atoms with Crippen LogP contribution in [0.1, 0.15) is 30.5 Å². The number of halogens is 2. The lowest BCUT2D eigenvalue weighted by Crippen LogP contribution is -2.29. The molecule has 0 aliphatic heterocycles. The molecule has 23 heavy (non-hydrogen) atoms. The van der Waals surface area contributed by atoms with Crippen molar-refractivity contribution in [3.05, 3.63) is 65.2 Å². The van der Waals surface area contributed by atoms with E-state index in [1.54, 1.807) is 38.2 Å². The van der Waals surface area contributed by atoms with Crippen LogP contribution >= 0.6 is 0 Å². The molecular weight excluding hydrogens is 300 g/mol. The highest BCUT2D eigenvalue weighted by Crippen LogP contribution is 2.23. The van der Waals surface area contributed by atoms with Crippen molar-refractivity contribution < 1.29 is 18.7 Å². The number of carbonyl (C=O) groups excluding carboxylic acids is 1. The van der Waals surface area contributed by atoms with Gasteiger partial charge in [-0.2, -0.15) is 0 Å². The Balaban J connectivity index is 2.01. The van der Waals surface area contributed by atoms with E-state index in [1.165, 1.54) is 11.0 Å². The van der Waals surface area contributed by atoms with Gasteiger partial charge in [-0.25, -0.2) is 8.78 Å². The summed E-state index contributed by atoms with van der Waals surface area (Å²) in [5, 5.41) is 9.70. The van der Waals surface area contributed by atoms with E-state index >= 15 is 0 Å². The van der Waals surface area contributed by atoms with Gasteiger partial charge in [-0.15, -0.1) is 0 Å². The van der Waals surface area contributed by atoms with Crippen molar-refractivity contribution >= 4 is 5.91 Å². The van der Waals surface area contributed by atoms with Crippen molar-refractivity contribution in [1.82, 2.24) is 4.90 Å². The van der Waals surface area contributed by atoms with E-state index in [-0.39, 0.29) is 24.1 Å². The third kappa shape index (κ3) is 4.06. The number of amides is 1. The Bertz CT molecular complexity index is 703. The first-order valence-electron chi connectivity index (χ1n) is 7.37. The van der Waals surface area contributed by atoms with E-state index < -0.39 is 11.6 Å². The Morgan fingerprint density at radius 3 is 2.52 bits per heavy atom. The second kappa shape index (κ2) is 7.22. The molecule has 1 atom stereocenters. The summed E-state index contributed by atoms with van der Waals surface area (Å²) in [5.74, 6) is -1.80. The van der Waals surface area contributed by atoms with Crippen LogP contribution in [0, 0.1) is 11.6 Å². The van der Waals surface area contributed by atoms with E-state index in [9.17, 15) is 18.7 Å². The summed E-state index contributed by atoms with van der Waals surface area (Å²) < 4.78 is 26.3. The van der Waals surface area contributed by atoms with Gasteiger partial charge in [0.2, 0.25) is 5.91 Å². The molecule has 0 aliphatic rings. The zero-order valence-corrected chi connectivity index (χ0v) is 13.1. The Morgan fingerprint density at radius 1 is 1.17 bits per heavy atom. The Morgan fingerprint density at radius 2 is 1.87 bits per heavy atom. The van der Waals surface area contributed by atoms with E-state index in [4.69, 9.17) is 0 Å². The highest BCUT2D eigenvalue weighted by atomic mass is 19.2. The van der Waals surface area contributed by atoms with Crippen molar-refractivity contribution in [2.24, 2.45) is 0 Å². The van der Waals surface area contributed by atoms with E-state index in [2.05, 4.69) is 0 Å². The molecule has 2 aromatic carbocycles. The number of rotatable bonds is 5. The van der Waals surface area contributed by atoms with Crippen LogP contribution in [-0.2, 0) is 11.2 Å². The number of para-hydroxylation sites is 1. The minimum absolute atomic E-state index is 0.134. The van der Waals surface area contributed by atoms with Crippen LogP contribution in [0.3, 0.4) is 0 Å². The van der Waals surface area contributed by atoms with Gasteiger partial charge in [-0.05, 0) is 42.7 Å². The summed E-state index contributed by atoms with van der Waals surface area (Å²) in [4.78, 5) is 13.8. The molecule has 2 rings (SSSR count). The molecule has 5 heteroatoms. The zero-order valence-electron chi connectivity index (χ0n) is 13.1. The lowest BCUT2D eigenvalue weighted by molar-refractivity contribution is -0.131. The van der Waals surface area contributed by atoms with Crippen molar-refractivity contribution in [1.29, 1.82) is 0 Å². The minimum atomic E-state index is -0.926. The average molecular weight is 319 g/mol. The predicted molar refractivity (Wildman–Crippen MR) is 84.0 cm³/mol. The second-order valence-electron chi connectivity index (χ2n) is 5.48. The van der Waals surface area contributed by atoms with Gasteiger partial charge in [0.05, 0.1) is 6.04 Å². The fourth-order valence-corrected chi connectivity index (χ4v) is 2.35. The molecule has 0 radical (unpaired) electrons. The van der Waals surface area contributed by atoms with E-state index in [0.717, 1.165) is 12.1 Å². The number of phenolic OH excluding ortho intramolecular Hbond substituents is 1. The number of nitrogens with zero attached hydrogens (tertiary/aromatic N) is 1. The largest absolute Gasteiger partial charge is 0.508 e. The van der Waals surface area contributed by atoms with Crippen molar-refractivity contribution in [3.8, 4) is 5.75 Å². The van der Waals surface area contributed by atoms with Crippen molar-refractivity contribution in [2.75, 3.05) is 7.05 Å². The molecule has 1 unspecified atom stereocenters. The molecule has 3 nitrogen and oxygen atoms in total. The Kier molecular flexibility index (Phi) is 5.32. The minimum Gasteiger partial charge on any atom is -0.508 e. The van der Waals surface area contributed by atoms with Gasteiger partial charge in [0, 0.05) is 13.5 Å². The highest BCUT2D eigenvalue weighted by molar-refractivity contribution is 5.76. The molecule has 0 fully saturated rings. The van der Waals surface area contributed by atoms with Crippen molar-refractivity contribution in [2.45, 2.75) is 25.8 Å². The summed E-state index contributed by atoms with van der Waals surface area (Å²) in [6.45, 7) is 1.75. The molecule has 0 bridgehead atoms. The highest BCUT2D eigenvalue weighted by Gasteiger charge is 2.18. The first-order chi connectivity index (χ1) is 10.9. The third-order valence-electron chi connectivity index (χ3n) is 4.00. The quantitative estimate of drug-likeness (QED) is 0.910. The van der Waals surface area contributed by atoms with Gasteiger partial charge < -0.3 is 10.0 Å². The van der Waals surface area contributed by atoms with Gasteiger partial charge in [0.25, 0.3) is 0 Å². The topological polar surface area (TPSA) is 40.5 Å².